The van der Waals surface area contributed by atoms with Crippen LogP contribution in [-0.4, -0.2) is 47.6 Å². The van der Waals surface area contributed by atoms with Crippen molar-refractivity contribution in [2.45, 2.75) is 6.10 Å². The highest BCUT2D eigenvalue weighted by Crippen LogP contribution is 2.14. The first-order chi connectivity index (χ1) is 8.58. The predicted molar refractivity (Wildman–Crippen MR) is 66.4 cm³/mol. The number of nitrogens with one attached hydrogen (secondary N) is 1. The van der Waals surface area contributed by atoms with Crippen molar-refractivity contribution in [3.8, 4) is 0 Å². The van der Waals surface area contributed by atoms with Crippen molar-refractivity contribution in [1.82, 2.24) is 10.2 Å². The number of β-amino-alcohol motifs (C(OH)–C–C–N with tert-alkyl or cyclic N) is 1. The molecule has 0 unspecified atom stereocenters. The van der Waals surface area contributed by atoms with Gasteiger partial charge >= 0.3 is 0 Å². The highest BCUT2D eigenvalue weighted by molar-refractivity contribution is 6.33. The standard InChI is InChI=1S/C12H13ClN2O3/c13-10-4-2-1-3-9(10)12(18)14-5-11(17)15-6-8(16)7-15/h1-4,8,16H,5-7H2,(H,14,18). The Morgan fingerprint density at radius 2 is 2.06 bits per heavy atom. The molecule has 5 nitrogen and oxygen atoms in total. The van der Waals surface area contributed by atoms with E-state index in [2.05, 4.69) is 5.32 Å². The zero-order valence-corrected chi connectivity index (χ0v) is 10.4. The number of carbonyl (C=O) groups excluding carboxylic acids is 2. The molecule has 2 amide bonds. The van der Waals surface area contributed by atoms with Crippen molar-refractivity contribution in [2.24, 2.45) is 0 Å². The van der Waals surface area contributed by atoms with Gasteiger partial charge in [-0.3, -0.25) is 9.59 Å². The smallest absolute Gasteiger partial charge is 0.253 e. The van der Waals surface area contributed by atoms with E-state index in [1.165, 1.54) is 4.90 Å². The van der Waals surface area contributed by atoms with E-state index in [1.807, 2.05) is 0 Å². The summed E-state index contributed by atoms with van der Waals surface area (Å²) in [5.74, 6) is -0.587. The molecular weight excluding hydrogens is 256 g/mol. The number of carbonyl (C=O) groups is 2. The fraction of sp³-hybridized carbons (Fsp3) is 0.333. The Bertz CT molecular complexity index is 472. The third kappa shape index (κ3) is 2.80. The summed E-state index contributed by atoms with van der Waals surface area (Å²) in [6.45, 7) is 0.582. The van der Waals surface area contributed by atoms with Crippen LogP contribution >= 0.6 is 11.6 Å². The van der Waals surface area contributed by atoms with Crippen LogP contribution in [0.4, 0.5) is 0 Å². The van der Waals surface area contributed by atoms with Crippen molar-refractivity contribution in [3.63, 3.8) is 0 Å². The first-order valence-electron chi connectivity index (χ1n) is 5.56. The van der Waals surface area contributed by atoms with Gasteiger partial charge in [0.25, 0.3) is 5.91 Å². The number of hydrogen-bond donors (Lipinski definition) is 2. The molecule has 0 saturated carbocycles. The molecule has 1 fully saturated rings. The van der Waals surface area contributed by atoms with Gasteiger partial charge in [-0.2, -0.15) is 0 Å². The van der Waals surface area contributed by atoms with Crippen molar-refractivity contribution in [2.75, 3.05) is 19.6 Å². The van der Waals surface area contributed by atoms with Gasteiger partial charge < -0.3 is 15.3 Å². The lowest BCUT2D eigenvalue weighted by atomic mass is 10.1. The minimum Gasteiger partial charge on any atom is -0.389 e. The van der Waals surface area contributed by atoms with Gasteiger partial charge in [-0.15, -0.1) is 0 Å². The molecule has 1 saturated heterocycles. The summed E-state index contributed by atoms with van der Waals surface area (Å²) in [6, 6.07) is 6.64. The summed E-state index contributed by atoms with van der Waals surface area (Å²) in [4.78, 5) is 24.8. The molecule has 2 rings (SSSR count). The molecule has 6 heteroatoms. The Labute approximate surface area is 109 Å². The number of nitrogens with zero attached hydrogens (tertiary/aromatic N) is 1. The van der Waals surface area contributed by atoms with Crippen LogP contribution < -0.4 is 5.32 Å². The highest BCUT2D eigenvalue weighted by Gasteiger charge is 2.28. The van der Waals surface area contributed by atoms with Crippen LogP contribution in [0, 0.1) is 0 Å². The summed E-state index contributed by atoms with van der Waals surface area (Å²) in [7, 11) is 0. The fourth-order valence-corrected chi connectivity index (χ4v) is 1.89. The minimum atomic E-state index is -0.437. The molecule has 1 aromatic rings. The summed E-state index contributed by atoms with van der Waals surface area (Å²) in [5.41, 5.74) is 0.343. The van der Waals surface area contributed by atoms with Crippen molar-refractivity contribution in [3.05, 3.63) is 34.9 Å². The quantitative estimate of drug-likeness (QED) is 0.827. The monoisotopic (exact) mass is 268 g/mol. The summed E-state index contributed by atoms with van der Waals surface area (Å²) < 4.78 is 0. The van der Waals surface area contributed by atoms with E-state index in [4.69, 9.17) is 16.7 Å². The lowest BCUT2D eigenvalue weighted by molar-refractivity contribution is -0.140. The topological polar surface area (TPSA) is 69.6 Å². The maximum atomic E-state index is 11.7. The average molecular weight is 269 g/mol. The van der Waals surface area contributed by atoms with Gasteiger partial charge in [0.05, 0.1) is 23.2 Å². The van der Waals surface area contributed by atoms with E-state index in [0.717, 1.165) is 0 Å². The van der Waals surface area contributed by atoms with E-state index >= 15 is 0 Å². The first kappa shape index (κ1) is 12.9. The second-order valence-corrected chi connectivity index (χ2v) is 4.52. The largest absolute Gasteiger partial charge is 0.389 e. The molecule has 0 aromatic heterocycles. The Kier molecular flexibility index (Phi) is 3.84. The number of rotatable bonds is 3. The molecular formula is C12H13ClN2O3. The zero-order chi connectivity index (χ0) is 13.1. The Hall–Kier alpha value is -1.59. The molecule has 96 valence electrons. The van der Waals surface area contributed by atoms with Crippen LogP contribution in [-0.2, 0) is 4.79 Å². The second-order valence-electron chi connectivity index (χ2n) is 4.12. The third-order valence-electron chi connectivity index (χ3n) is 2.73. The van der Waals surface area contributed by atoms with Crippen LogP contribution in [0.15, 0.2) is 24.3 Å². The highest BCUT2D eigenvalue weighted by atomic mass is 35.5. The third-order valence-corrected chi connectivity index (χ3v) is 3.06. The van der Waals surface area contributed by atoms with Gasteiger partial charge in [0.1, 0.15) is 0 Å². The molecule has 0 aliphatic carbocycles. The molecule has 1 aliphatic rings. The first-order valence-corrected chi connectivity index (χ1v) is 5.94. The number of benzene rings is 1. The summed E-state index contributed by atoms with van der Waals surface area (Å²) >= 11 is 5.87. The van der Waals surface area contributed by atoms with Gasteiger partial charge in [0.2, 0.25) is 5.91 Å². The van der Waals surface area contributed by atoms with Gasteiger partial charge in [-0.05, 0) is 12.1 Å². The zero-order valence-electron chi connectivity index (χ0n) is 9.60. The van der Waals surface area contributed by atoms with E-state index in [-0.39, 0.29) is 18.4 Å². The summed E-state index contributed by atoms with van der Waals surface area (Å²) in [5, 5.41) is 11.9. The lowest BCUT2D eigenvalue weighted by Gasteiger charge is -2.35. The molecule has 1 aliphatic heterocycles. The number of hydrogen-bond acceptors (Lipinski definition) is 3. The second kappa shape index (κ2) is 5.37. The van der Waals surface area contributed by atoms with Gasteiger partial charge in [0, 0.05) is 13.1 Å². The van der Waals surface area contributed by atoms with Gasteiger partial charge in [-0.25, -0.2) is 0 Å². The van der Waals surface area contributed by atoms with E-state index in [0.29, 0.717) is 23.7 Å². The lowest BCUT2D eigenvalue weighted by Crippen LogP contribution is -2.55. The Balaban J connectivity index is 1.85. The van der Waals surface area contributed by atoms with Gasteiger partial charge in [0.15, 0.2) is 0 Å². The van der Waals surface area contributed by atoms with Crippen molar-refractivity contribution >= 4 is 23.4 Å². The number of halogens is 1. The van der Waals surface area contributed by atoms with Gasteiger partial charge in [-0.1, -0.05) is 23.7 Å². The van der Waals surface area contributed by atoms with Crippen LogP contribution in [0.25, 0.3) is 0 Å². The minimum absolute atomic E-state index is 0.0865. The molecule has 0 bridgehead atoms. The molecule has 1 aromatic carbocycles. The summed E-state index contributed by atoms with van der Waals surface area (Å²) in [6.07, 6.45) is -0.437. The molecule has 1 heterocycles. The predicted octanol–water partition coefficient (Wildman–Crippen LogP) is 0.273. The van der Waals surface area contributed by atoms with E-state index in [9.17, 15) is 9.59 Å². The molecule has 18 heavy (non-hydrogen) atoms. The van der Waals surface area contributed by atoms with Crippen LogP contribution in [0.5, 0.6) is 0 Å². The number of amides is 2. The van der Waals surface area contributed by atoms with E-state index < -0.39 is 6.10 Å². The number of aliphatic hydroxyl groups is 1. The maximum absolute atomic E-state index is 11.7. The van der Waals surface area contributed by atoms with Crippen LogP contribution in [0.1, 0.15) is 10.4 Å². The molecule has 0 radical (unpaired) electrons. The SMILES string of the molecule is O=C(NCC(=O)N1CC(O)C1)c1ccccc1Cl. The van der Waals surface area contributed by atoms with Crippen molar-refractivity contribution in [1.29, 1.82) is 0 Å². The molecule has 2 N–H and O–H groups in total. The average Bonchev–Trinajstić information content (AvgIpc) is 2.32. The van der Waals surface area contributed by atoms with Crippen LogP contribution in [0.3, 0.4) is 0 Å². The Morgan fingerprint density at radius 3 is 2.67 bits per heavy atom. The normalized spacial score (nSPS) is 15.1. The number of aliphatic hydroxyl groups excluding tert-OH is 1. The number of likely N-dealkylation sites (tertiary alicyclic amines) is 1. The fourth-order valence-electron chi connectivity index (χ4n) is 1.67. The molecule has 0 atom stereocenters. The van der Waals surface area contributed by atoms with Crippen LogP contribution in [0.2, 0.25) is 5.02 Å². The van der Waals surface area contributed by atoms with E-state index in [1.54, 1.807) is 24.3 Å². The Morgan fingerprint density at radius 1 is 1.39 bits per heavy atom. The molecule has 0 spiro atoms. The van der Waals surface area contributed by atoms with Crippen molar-refractivity contribution < 1.29 is 14.7 Å². The maximum Gasteiger partial charge on any atom is 0.253 e.